The van der Waals surface area contributed by atoms with Crippen molar-refractivity contribution in [3.63, 3.8) is 0 Å². The van der Waals surface area contributed by atoms with Crippen molar-refractivity contribution in [1.29, 1.82) is 0 Å². The van der Waals surface area contributed by atoms with Crippen LogP contribution in [-0.4, -0.2) is 10.2 Å². The predicted molar refractivity (Wildman–Crippen MR) is 112 cm³/mol. The van der Waals surface area contributed by atoms with E-state index in [1.807, 2.05) is 68.5 Å². The van der Waals surface area contributed by atoms with E-state index in [-0.39, 0.29) is 5.91 Å². The molecule has 0 spiro atoms. The third-order valence-corrected chi connectivity index (χ3v) is 5.40. The number of nitrogens with zero attached hydrogens (tertiary/aromatic N) is 1. The Labute approximate surface area is 158 Å². The minimum Gasteiger partial charge on any atom is -0.268 e. The van der Waals surface area contributed by atoms with Gasteiger partial charge in [0.2, 0.25) is 0 Å². The maximum Gasteiger partial charge on any atom is 0.270 e. The minimum atomic E-state index is -0.0564. The highest BCUT2D eigenvalue weighted by Gasteiger charge is 2.33. The summed E-state index contributed by atoms with van der Waals surface area (Å²) < 4.78 is 0.576. The lowest BCUT2D eigenvalue weighted by Crippen LogP contribution is -2.27. The summed E-state index contributed by atoms with van der Waals surface area (Å²) in [7, 11) is 0. The normalized spacial score (nSPS) is 16.8. The zero-order valence-corrected chi connectivity index (χ0v) is 16.1. The van der Waals surface area contributed by atoms with E-state index in [4.69, 9.17) is 12.2 Å². The van der Waals surface area contributed by atoms with Crippen LogP contribution >= 0.6 is 24.0 Å². The first-order valence-electron chi connectivity index (χ1n) is 8.04. The van der Waals surface area contributed by atoms with Crippen LogP contribution in [0, 0.1) is 13.8 Å². The number of amides is 1. The molecule has 25 heavy (non-hydrogen) atoms. The van der Waals surface area contributed by atoms with E-state index in [0.717, 1.165) is 22.4 Å². The highest BCUT2D eigenvalue weighted by molar-refractivity contribution is 8.27. The second-order valence-corrected chi connectivity index (χ2v) is 7.76. The first kappa shape index (κ1) is 17.6. The molecule has 0 bridgehead atoms. The predicted octanol–water partition coefficient (Wildman–Crippen LogP) is 5.66. The largest absolute Gasteiger partial charge is 0.270 e. The van der Waals surface area contributed by atoms with E-state index in [1.54, 1.807) is 4.90 Å². The van der Waals surface area contributed by atoms with Crippen LogP contribution < -0.4 is 4.90 Å². The van der Waals surface area contributed by atoms with E-state index in [0.29, 0.717) is 9.23 Å². The van der Waals surface area contributed by atoms with Gasteiger partial charge in [-0.1, -0.05) is 66.5 Å². The smallest absolute Gasteiger partial charge is 0.268 e. The lowest BCUT2D eigenvalue weighted by molar-refractivity contribution is -0.113. The van der Waals surface area contributed by atoms with Crippen molar-refractivity contribution < 1.29 is 4.79 Å². The maximum absolute atomic E-state index is 12.8. The summed E-state index contributed by atoms with van der Waals surface area (Å²) in [6.45, 7) is 6.09. The Bertz CT molecular complexity index is 897. The number of hydrogen-bond acceptors (Lipinski definition) is 3. The van der Waals surface area contributed by atoms with Crippen molar-refractivity contribution in [2.24, 2.45) is 0 Å². The molecule has 0 radical (unpaired) electrons. The second kappa shape index (κ2) is 7.38. The third kappa shape index (κ3) is 3.91. The molecule has 3 rings (SSSR count). The number of benzene rings is 2. The van der Waals surface area contributed by atoms with E-state index in [9.17, 15) is 4.79 Å². The molecular formula is C21H19NOS2. The third-order valence-electron chi connectivity index (χ3n) is 4.10. The van der Waals surface area contributed by atoms with Crippen LogP contribution in [0.4, 0.5) is 5.69 Å². The summed E-state index contributed by atoms with van der Waals surface area (Å²) >= 11 is 6.80. The van der Waals surface area contributed by atoms with Crippen molar-refractivity contribution in [3.05, 3.63) is 81.8 Å². The van der Waals surface area contributed by atoms with Gasteiger partial charge in [0.15, 0.2) is 4.32 Å². The summed E-state index contributed by atoms with van der Waals surface area (Å²) in [5.74, 6) is -0.0564. The van der Waals surface area contributed by atoms with Crippen molar-refractivity contribution in [3.8, 4) is 0 Å². The Morgan fingerprint density at radius 1 is 1.08 bits per heavy atom. The first-order valence-corrected chi connectivity index (χ1v) is 9.27. The minimum absolute atomic E-state index is 0.0564. The molecule has 2 aromatic rings. The molecule has 1 heterocycles. The van der Waals surface area contributed by atoms with Gasteiger partial charge in [0.05, 0.1) is 10.6 Å². The fourth-order valence-corrected chi connectivity index (χ4v) is 3.96. The topological polar surface area (TPSA) is 20.3 Å². The SMILES string of the molecule is CC(=C/c1ccccc1)/C=C1\SC(=S)N(c2ccc(C)c(C)c2)C1=O. The number of rotatable bonds is 3. The van der Waals surface area contributed by atoms with Crippen LogP contribution in [0.15, 0.2) is 65.1 Å². The monoisotopic (exact) mass is 365 g/mol. The van der Waals surface area contributed by atoms with Gasteiger partial charge < -0.3 is 0 Å². The number of carbonyl (C=O) groups excluding carboxylic acids is 1. The van der Waals surface area contributed by atoms with E-state index in [2.05, 4.69) is 13.0 Å². The molecule has 2 nitrogen and oxygen atoms in total. The molecule has 0 unspecified atom stereocenters. The highest BCUT2D eigenvalue weighted by atomic mass is 32.2. The zero-order chi connectivity index (χ0) is 18.0. The molecule has 2 aromatic carbocycles. The molecule has 1 saturated heterocycles. The summed E-state index contributed by atoms with van der Waals surface area (Å²) in [6, 6.07) is 16.0. The fraction of sp³-hybridized carbons (Fsp3) is 0.143. The Hall–Kier alpha value is -2.17. The van der Waals surface area contributed by atoms with Gasteiger partial charge in [-0.05, 0) is 61.2 Å². The van der Waals surface area contributed by atoms with Crippen molar-refractivity contribution >= 4 is 46.0 Å². The van der Waals surface area contributed by atoms with Crippen molar-refractivity contribution in [2.45, 2.75) is 20.8 Å². The maximum atomic E-state index is 12.8. The highest BCUT2D eigenvalue weighted by Crippen LogP contribution is 2.36. The summed E-state index contributed by atoms with van der Waals surface area (Å²) in [5, 5.41) is 0. The lowest BCUT2D eigenvalue weighted by Gasteiger charge is -2.15. The number of anilines is 1. The van der Waals surface area contributed by atoms with E-state index >= 15 is 0 Å². The molecule has 1 aliphatic rings. The summed E-state index contributed by atoms with van der Waals surface area (Å²) in [6.07, 6.45) is 3.97. The number of allylic oxidation sites excluding steroid dienone is 2. The van der Waals surface area contributed by atoms with Gasteiger partial charge in [-0.2, -0.15) is 0 Å². The van der Waals surface area contributed by atoms with Crippen LogP contribution in [0.3, 0.4) is 0 Å². The number of thiocarbonyl (C=S) groups is 1. The molecule has 0 aromatic heterocycles. The van der Waals surface area contributed by atoms with Crippen LogP contribution in [0.1, 0.15) is 23.6 Å². The quantitative estimate of drug-likeness (QED) is 0.517. The van der Waals surface area contributed by atoms with E-state index < -0.39 is 0 Å². The van der Waals surface area contributed by atoms with Gasteiger partial charge >= 0.3 is 0 Å². The van der Waals surface area contributed by atoms with Gasteiger partial charge in [-0.3, -0.25) is 9.69 Å². The number of aryl methyl sites for hydroxylation is 2. The molecule has 0 N–H and O–H groups in total. The number of thioether (sulfide) groups is 1. The number of carbonyl (C=O) groups is 1. The molecule has 1 aliphatic heterocycles. The van der Waals surface area contributed by atoms with Gasteiger partial charge in [0.25, 0.3) is 5.91 Å². The molecule has 0 atom stereocenters. The Balaban J connectivity index is 1.88. The first-order chi connectivity index (χ1) is 12.0. The fourth-order valence-electron chi connectivity index (χ4n) is 2.62. The van der Waals surface area contributed by atoms with Crippen LogP contribution in [0.5, 0.6) is 0 Å². The molecular weight excluding hydrogens is 346 g/mol. The average molecular weight is 366 g/mol. The average Bonchev–Trinajstić information content (AvgIpc) is 2.85. The molecule has 0 aliphatic carbocycles. The van der Waals surface area contributed by atoms with Crippen LogP contribution in [-0.2, 0) is 4.79 Å². The van der Waals surface area contributed by atoms with Gasteiger partial charge in [0, 0.05) is 0 Å². The van der Waals surface area contributed by atoms with Gasteiger partial charge in [0.1, 0.15) is 0 Å². The molecule has 1 fully saturated rings. The molecule has 1 amide bonds. The molecule has 0 saturated carbocycles. The number of hydrogen-bond donors (Lipinski definition) is 0. The zero-order valence-electron chi connectivity index (χ0n) is 14.4. The van der Waals surface area contributed by atoms with Crippen molar-refractivity contribution in [1.82, 2.24) is 0 Å². The Morgan fingerprint density at radius 2 is 1.80 bits per heavy atom. The summed E-state index contributed by atoms with van der Waals surface area (Å²) in [5.41, 5.74) is 5.31. The standard InChI is InChI=1S/C21H19NOS2/c1-14(11-17-7-5-4-6-8-17)12-19-20(23)22(21(24)25-19)18-10-9-15(2)16(3)13-18/h4-13H,1-3H3/b14-11-,19-12-. The Morgan fingerprint density at radius 3 is 2.48 bits per heavy atom. The second-order valence-electron chi connectivity index (χ2n) is 6.08. The van der Waals surface area contributed by atoms with Gasteiger partial charge in [-0.15, -0.1) is 0 Å². The van der Waals surface area contributed by atoms with Crippen molar-refractivity contribution in [2.75, 3.05) is 4.90 Å². The van der Waals surface area contributed by atoms with E-state index in [1.165, 1.54) is 17.3 Å². The van der Waals surface area contributed by atoms with Crippen LogP contribution in [0.2, 0.25) is 0 Å². The van der Waals surface area contributed by atoms with Gasteiger partial charge in [-0.25, -0.2) is 0 Å². The lowest BCUT2D eigenvalue weighted by atomic mass is 10.1. The molecule has 4 heteroatoms. The summed E-state index contributed by atoms with van der Waals surface area (Å²) in [4.78, 5) is 15.1. The van der Waals surface area contributed by atoms with Crippen LogP contribution in [0.25, 0.3) is 6.08 Å². The molecule has 126 valence electrons. The Kier molecular flexibility index (Phi) is 5.21.